The number of anilines is 1. The molecule has 0 spiro atoms. The molecule has 10 heteroatoms. The van der Waals surface area contributed by atoms with Crippen molar-refractivity contribution in [2.75, 3.05) is 18.6 Å². The van der Waals surface area contributed by atoms with Gasteiger partial charge in [-0.25, -0.2) is 10.4 Å². The monoisotopic (exact) mass is 579 g/mol. The van der Waals surface area contributed by atoms with Crippen LogP contribution >= 0.6 is 27.5 Å². The van der Waals surface area contributed by atoms with Gasteiger partial charge >= 0.3 is 0 Å². The van der Waals surface area contributed by atoms with Crippen LogP contribution in [0.5, 0.6) is 5.75 Å². The highest BCUT2D eigenvalue weighted by Gasteiger charge is 2.35. The standard InChI is InChI=1S/C27H23BrClN5O3/c1-37-24-11-10-20(13-21(24)29)33-15-18(12-26(33)36)27-31-22-4-2-3-5-23(22)34(27)16-25(35)32-30-14-17-6-8-19(28)9-7-17/h2-11,13-14,18H,12,15-16H2,1H3,(H,32,35)/b30-14+. The first-order chi connectivity index (χ1) is 17.9. The van der Waals surface area contributed by atoms with E-state index in [0.29, 0.717) is 28.8 Å². The van der Waals surface area contributed by atoms with Crippen LogP contribution in [-0.2, 0) is 16.1 Å². The number of fused-ring (bicyclic) bond motifs is 1. The zero-order valence-electron chi connectivity index (χ0n) is 19.9. The van der Waals surface area contributed by atoms with Gasteiger partial charge in [0, 0.05) is 29.0 Å². The van der Waals surface area contributed by atoms with Gasteiger partial charge < -0.3 is 14.2 Å². The van der Waals surface area contributed by atoms with Crippen LogP contribution in [0.15, 0.2) is 76.3 Å². The van der Waals surface area contributed by atoms with Crippen LogP contribution in [0.2, 0.25) is 5.02 Å². The van der Waals surface area contributed by atoms with Crippen molar-refractivity contribution in [1.82, 2.24) is 15.0 Å². The summed E-state index contributed by atoms with van der Waals surface area (Å²) in [5.74, 6) is 0.710. The number of carbonyl (C=O) groups is 2. The van der Waals surface area contributed by atoms with E-state index in [2.05, 4.69) is 26.5 Å². The minimum atomic E-state index is -0.291. The maximum Gasteiger partial charge on any atom is 0.260 e. The number of hydrazone groups is 1. The maximum atomic E-state index is 13.0. The summed E-state index contributed by atoms with van der Waals surface area (Å²) >= 11 is 9.69. The molecule has 4 aromatic rings. The molecule has 1 aliphatic heterocycles. The molecule has 2 amide bonds. The zero-order chi connectivity index (χ0) is 25.9. The predicted molar refractivity (Wildman–Crippen MR) is 147 cm³/mol. The van der Waals surface area contributed by atoms with Crippen LogP contribution in [-0.4, -0.2) is 41.2 Å². The number of hydrogen-bond donors (Lipinski definition) is 1. The third-order valence-electron chi connectivity index (χ3n) is 6.20. The number of nitrogens with zero attached hydrogens (tertiary/aromatic N) is 4. The van der Waals surface area contributed by atoms with Crippen LogP contribution in [0.1, 0.15) is 23.7 Å². The summed E-state index contributed by atoms with van der Waals surface area (Å²) in [5, 5.41) is 4.52. The molecule has 1 unspecified atom stereocenters. The Morgan fingerprint density at radius 3 is 2.76 bits per heavy atom. The lowest BCUT2D eigenvalue weighted by Gasteiger charge is -2.18. The number of methoxy groups -OCH3 is 1. The summed E-state index contributed by atoms with van der Waals surface area (Å²) in [4.78, 5) is 32.3. The molecule has 1 N–H and O–H groups in total. The third-order valence-corrected chi connectivity index (χ3v) is 7.02. The SMILES string of the molecule is COc1ccc(N2CC(c3nc4ccccc4n3CC(=O)N/N=C/c3ccc(Br)cc3)CC2=O)cc1Cl. The first-order valence-corrected chi connectivity index (χ1v) is 12.8. The number of carbonyl (C=O) groups excluding carboxylic acids is 2. The number of amides is 2. The molecule has 3 aromatic carbocycles. The normalized spacial score (nSPS) is 15.6. The van der Waals surface area contributed by atoms with Crippen LogP contribution < -0.4 is 15.1 Å². The van der Waals surface area contributed by atoms with Crippen molar-refractivity contribution in [2.24, 2.45) is 5.10 Å². The van der Waals surface area contributed by atoms with E-state index in [1.54, 1.807) is 30.4 Å². The van der Waals surface area contributed by atoms with Crippen molar-refractivity contribution in [3.8, 4) is 5.75 Å². The van der Waals surface area contributed by atoms with Gasteiger partial charge in [-0.3, -0.25) is 9.59 Å². The van der Waals surface area contributed by atoms with Crippen molar-refractivity contribution >= 4 is 62.3 Å². The van der Waals surface area contributed by atoms with Crippen molar-refractivity contribution in [3.05, 3.63) is 87.6 Å². The smallest absolute Gasteiger partial charge is 0.260 e. The molecule has 8 nitrogen and oxygen atoms in total. The minimum Gasteiger partial charge on any atom is -0.495 e. The fraction of sp³-hybridized carbons (Fsp3) is 0.185. The molecule has 0 radical (unpaired) electrons. The van der Waals surface area contributed by atoms with Crippen molar-refractivity contribution in [2.45, 2.75) is 18.9 Å². The minimum absolute atomic E-state index is 0.0204. The van der Waals surface area contributed by atoms with E-state index in [0.717, 1.165) is 21.1 Å². The Bertz CT molecular complexity index is 1500. The Labute approximate surface area is 227 Å². The number of benzene rings is 3. The second kappa shape index (κ2) is 10.7. The van der Waals surface area contributed by atoms with Gasteiger partial charge in [-0.1, -0.05) is 51.8 Å². The Kier molecular flexibility index (Phi) is 7.25. The lowest BCUT2D eigenvalue weighted by Crippen LogP contribution is -2.26. The number of para-hydroxylation sites is 2. The summed E-state index contributed by atoms with van der Waals surface area (Å²) < 4.78 is 8.05. The Balaban J connectivity index is 1.37. The number of ether oxygens (including phenoxy) is 1. The largest absolute Gasteiger partial charge is 0.495 e. The first-order valence-electron chi connectivity index (χ1n) is 11.6. The van der Waals surface area contributed by atoms with E-state index in [-0.39, 0.29) is 30.7 Å². The highest BCUT2D eigenvalue weighted by atomic mass is 79.9. The zero-order valence-corrected chi connectivity index (χ0v) is 22.2. The number of nitrogens with one attached hydrogen (secondary N) is 1. The second-order valence-corrected chi connectivity index (χ2v) is 9.94. The average Bonchev–Trinajstić information content (AvgIpc) is 3.45. The molecule has 1 saturated heterocycles. The summed E-state index contributed by atoms with van der Waals surface area (Å²) in [5.41, 5.74) is 5.74. The highest BCUT2D eigenvalue weighted by Crippen LogP contribution is 2.36. The summed E-state index contributed by atoms with van der Waals surface area (Å²) in [7, 11) is 1.55. The molecule has 2 heterocycles. The number of aromatic nitrogens is 2. The predicted octanol–water partition coefficient (Wildman–Crippen LogP) is 5.13. The molecule has 0 aliphatic carbocycles. The molecule has 0 bridgehead atoms. The fourth-order valence-corrected chi connectivity index (χ4v) is 4.95. The first kappa shape index (κ1) is 25.0. The van der Waals surface area contributed by atoms with Gasteiger partial charge in [-0.05, 0) is 48.0 Å². The molecule has 5 rings (SSSR count). The van der Waals surface area contributed by atoms with E-state index in [1.807, 2.05) is 59.2 Å². The highest BCUT2D eigenvalue weighted by molar-refractivity contribution is 9.10. The molecular weight excluding hydrogens is 558 g/mol. The van der Waals surface area contributed by atoms with E-state index < -0.39 is 0 Å². The number of rotatable bonds is 7. The van der Waals surface area contributed by atoms with Gasteiger partial charge in [-0.2, -0.15) is 5.10 Å². The molecule has 0 saturated carbocycles. The molecular formula is C27H23BrClN5O3. The lowest BCUT2D eigenvalue weighted by atomic mass is 10.1. The second-order valence-electron chi connectivity index (χ2n) is 8.61. The van der Waals surface area contributed by atoms with Crippen LogP contribution in [0.3, 0.4) is 0 Å². The van der Waals surface area contributed by atoms with Gasteiger partial charge in [0.05, 0.1) is 29.4 Å². The van der Waals surface area contributed by atoms with Gasteiger partial charge in [0.2, 0.25) is 5.91 Å². The Hall–Kier alpha value is -3.69. The van der Waals surface area contributed by atoms with E-state index in [4.69, 9.17) is 21.3 Å². The summed E-state index contributed by atoms with van der Waals surface area (Å²) in [6.45, 7) is 0.445. The lowest BCUT2D eigenvalue weighted by molar-refractivity contribution is -0.121. The van der Waals surface area contributed by atoms with Crippen LogP contribution in [0, 0.1) is 0 Å². The van der Waals surface area contributed by atoms with E-state index >= 15 is 0 Å². The molecule has 37 heavy (non-hydrogen) atoms. The van der Waals surface area contributed by atoms with Gasteiger partial charge in [-0.15, -0.1) is 0 Å². The molecule has 1 aromatic heterocycles. The van der Waals surface area contributed by atoms with Crippen LogP contribution in [0.25, 0.3) is 11.0 Å². The number of halogens is 2. The molecule has 1 aliphatic rings. The molecule has 1 fully saturated rings. The number of hydrogen-bond acceptors (Lipinski definition) is 5. The van der Waals surface area contributed by atoms with Crippen molar-refractivity contribution in [1.29, 1.82) is 0 Å². The van der Waals surface area contributed by atoms with Crippen LogP contribution in [0.4, 0.5) is 5.69 Å². The van der Waals surface area contributed by atoms with Gasteiger partial charge in [0.1, 0.15) is 18.1 Å². The average molecular weight is 581 g/mol. The van der Waals surface area contributed by atoms with Crippen molar-refractivity contribution in [3.63, 3.8) is 0 Å². The summed E-state index contributed by atoms with van der Waals surface area (Å²) in [6, 6.07) is 20.5. The Morgan fingerprint density at radius 2 is 2.00 bits per heavy atom. The quantitative estimate of drug-likeness (QED) is 0.242. The molecule has 188 valence electrons. The maximum absolute atomic E-state index is 13.0. The summed E-state index contributed by atoms with van der Waals surface area (Å²) in [6.07, 6.45) is 1.86. The third kappa shape index (κ3) is 5.38. The number of imidazole rings is 1. The Morgan fingerprint density at radius 1 is 1.22 bits per heavy atom. The fourth-order valence-electron chi connectivity index (χ4n) is 4.43. The van der Waals surface area contributed by atoms with E-state index in [9.17, 15) is 9.59 Å². The van der Waals surface area contributed by atoms with E-state index in [1.165, 1.54) is 0 Å². The van der Waals surface area contributed by atoms with Crippen molar-refractivity contribution < 1.29 is 14.3 Å². The van der Waals surface area contributed by atoms with Gasteiger partial charge in [0.15, 0.2) is 0 Å². The van der Waals surface area contributed by atoms with Gasteiger partial charge in [0.25, 0.3) is 5.91 Å². The topological polar surface area (TPSA) is 88.8 Å². The molecule has 1 atom stereocenters.